The number of nitrogens with one attached hydrogen (secondary N) is 1. The minimum atomic E-state index is -5.31. The number of amides is 1. The zero-order valence-electron chi connectivity index (χ0n) is 22.5. The molecule has 0 aromatic heterocycles. The van der Waals surface area contributed by atoms with Crippen LogP contribution in [-0.4, -0.2) is 136 Å². The fraction of sp³-hybridized carbons (Fsp3) is 0.667. The third kappa shape index (κ3) is 9.67. The van der Waals surface area contributed by atoms with Crippen LogP contribution in [0.4, 0.5) is 0 Å². The topological polar surface area (TPSA) is 268 Å². The second-order valence-electron chi connectivity index (χ2n) is 9.73. The molecular formula is C24H35NO16S2. The van der Waals surface area contributed by atoms with Crippen LogP contribution in [0.5, 0.6) is 5.75 Å². The normalized spacial score (nSPS) is 33.1. The quantitative estimate of drug-likeness (QED) is 0.0711. The second kappa shape index (κ2) is 15.7. The predicted octanol–water partition coefficient (Wildman–Crippen LogP) is -3.02. The highest BCUT2D eigenvalue weighted by molar-refractivity contribution is 7.81. The molecule has 3 rings (SSSR count). The molecule has 17 nitrogen and oxygen atoms in total. The molecule has 2 heterocycles. The van der Waals surface area contributed by atoms with Gasteiger partial charge >= 0.3 is 16.4 Å². The van der Waals surface area contributed by atoms with E-state index in [2.05, 4.69) is 22.1 Å². The summed E-state index contributed by atoms with van der Waals surface area (Å²) < 4.78 is 57.3. The van der Waals surface area contributed by atoms with Crippen LogP contribution in [0.15, 0.2) is 24.3 Å². The second-order valence-corrected chi connectivity index (χ2v) is 11.2. The van der Waals surface area contributed by atoms with E-state index >= 15 is 0 Å². The number of rotatable bonds is 14. The van der Waals surface area contributed by atoms with Crippen LogP contribution in [0, 0.1) is 0 Å². The molecule has 43 heavy (non-hydrogen) atoms. The summed E-state index contributed by atoms with van der Waals surface area (Å²) in [5, 5.41) is 64.1. The van der Waals surface area contributed by atoms with Crippen LogP contribution < -0.4 is 10.1 Å². The molecule has 8 N–H and O–H groups in total. The van der Waals surface area contributed by atoms with Gasteiger partial charge < -0.3 is 54.9 Å². The van der Waals surface area contributed by atoms with Gasteiger partial charge in [-0.3, -0.25) is 9.35 Å². The Morgan fingerprint density at radius 1 is 0.953 bits per heavy atom. The van der Waals surface area contributed by atoms with Crippen molar-refractivity contribution in [3.8, 4) is 5.75 Å². The number of thiol groups is 1. The largest absolute Gasteiger partial charge is 0.479 e. The van der Waals surface area contributed by atoms with E-state index in [9.17, 15) is 48.6 Å². The van der Waals surface area contributed by atoms with Crippen LogP contribution in [0.2, 0.25) is 0 Å². The van der Waals surface area contributed by atoms with Crippen molar-refractivity contribution in [2.75, 3.05) is 18.9 Å². The molecule has 2 aliphatic heterocycles. The lowest BCUT2D eigenvalue weighted by atomic mass is 9.97. The van der Waals surface area contributed by atoms with Gasteiger partial charge in [0.05, 0.1) is 6.61 Å². The lowest BCUT2D eigenvalue weighted by molar-refractivity contribution is -0.347. The van der Waals surface area contributed by atoms with Crippen molar-refractivity contribution in [1.29, 1.82) is 0 Å². The molecule has 0 radical (unpaired) electrons. The summed E-state index contributed by atoms with van der Waals surface area (Å²) in [5.41, 5.74) is 0.845. The number of aliphatic hydroxyl groups is 5. The Kier molecular flexibility index (Phi) is 12.9. The number of benzene rings is 1. The van der Waals surface area contributed by atoms with Gasteiger partial charge in [0.2, 0.25) is 12.2 Å². The van der Waals surface area contributed by atoms with E-state index in [4.69, 9.17) is 23.5 Å². The summed E-state index contributed by atoms with van der Waals surface area (Å²) in [5.74, 6) is -1.12. The summed E-state index contributed by atoms with van der Waals surface area (Å²) in [6, 6.07) is 6.45. The third-order valence-corrected chi connectivity index (χ3v) is 7.39. The molecule has 0 aliphatic carbocycles. The lowest BCUT2D eigenvalue weighted by Crippen LogP contribution is -2.66. The van der Waals surface area contributed by atoms with Gasteiger partial charge in [-0.05, 0) is 36.3 Å². The molecule has 10 atom stereocenters. The van der Waals surface area contributed by atoms with Crippen molar-refractivity contribution < 1.29 is 76.3 Å². The Hall–Kier alpha value is -2.14. The van der Waals surface area contributed by atoms with Gasteiger partial charge in [-0.15, -0.1) is 0 Å². The minimum absolute atomic E-state index is 0.0860. The lowest BCUT2D eigenvalue weighted by Gasteiger charge is -2.45. The van der Waals surface area contributed by atoms with Crippen molar-refractivity contribution >= 4 is 34.9 Å². The SMILES string of the molecule is O=C(CCCS)NCCc1ccc(O[C@@H]2O[C@H](CO)[C@H](O)[C@H](O[C@@H]3O[C@H](C(=O)O)[C@@H](O)[C@H](OS(=O)(=O)O)[C@H]3O)[C@H]2O)cc1. The van der Waals surface area contributed by atoms with Crippen LogP contribution >= 0.6 is 12.6 Å². The maximum absolute atomic E-state index is 11.7. The first-order chi connectivity index (χ1) is 20.2. The molecule has 1 amide bonds. The van der Waals surface area contributed by atoms with E-state index in [1.165, 1.54) is 12.1 Å². The Labute approximate surface area is 251 Å². The van der Waals surface area contributed by atoms with Crippen LogP contribution in [0.25, 0.3) is 0 Å². The molecule has 19 heteroatoms. The van der Waals surface area contributed by atoms with E-state index in [1.54, 1.807) is 12.1 Å². The average molecular weight is 658 g/mol. The molecule has 0 saturated carbocycles. The number of hydrogen-bond donors (Lipinski definition) is 9. The van der Waals surface area contributed by atoms with Crippen molar-refractivity contribution in [3.05, 3.63) is 29.8 Å². The van der Waals surface area contributed by atoms with Crippen molar-refractivity contribution in [3.63, 3.8) is 0 Å². The number of carboxylic acids is 1. The monoisotopic (exact) mass is 657 g/mol. The number of aliphatic carboxylic acids is 1. The maximum atomic E-state index is 11.7. The molecule has 1 aromatic carbocycles. The Morgan fingerprint density at radius 3 is 2.19 bits per heavy atom. The van der Waals surface area contributed by atoms with Crippen LogP contribution in [0.1, 0.15) is 18.4 Å². The molecule has 244 valence electrons. The minimum Gasteiger partial charge on any atom is -0.479 e. The van der Waals surface area contributed by atoms with E-state index in [0.717, 1.165) is 5.56 Å². The third-order valence-electron chi connectivity index (χ3n) is 6.61. The summed E-state index contributed by atoms with van der Waals surface area (Å²) in [4.78, 5) is 23.3. The first kappa shape index (κ1) is 35.3. The molecule has 0 bridgehead atoms. The molecule has 2 saturated heterocycles. The molecule has 0 unspecified atom stereocenters. The molecular weight excluding hydrogens is 622 g/mol. The number of ether oxygens (including phenoxy) is 4. The van der Waals surface area contributed by atoms with E-state index in [-0.39, 0.29) is 11.7 Å². The van der Waals surface area contributed by atoms with E-state index in [0.29, 0.717) is 31.6 Å². The predicted molar refractivity (Wildman–Crippen MR) is 144 cm³/mol. The van der Waals surface area contributed by atoms with Gasteiger partial charge in [0, 0.05) is 13.0 Å². The molecule has 1 aromatic rings. The van der Waals surface area contributed by atoms with Gasteiger partial charge in [-0.2, -0.15) is 21.0 Å². The standard InChI is InChI=1S/C24H35NO16S2/c26-10-13-15(28)19(39-24-18(31)20(41-43(34,35)36)16(29)21(40-24)22(32)33)17(30)23(38-13)37-12-5-3-11(4-6-12)7-8-25-14(27)2-1-9-42/h3-6,13,15-21,23-24,26,28-31,42H,1-2,7-10H2,(H,25,27)(H,32,33)(H,34,35,36)/t13-,15+,16+,17-,18-,19+,20+,21+,23-,24-/m1/s1. The number of aliphatic hydroxyl groups excluding tert-OH is 5. The smallest absolute Gasteiger partial charge is 0.397 e. The first-order valence-electron chi connectivity index (χ1n) is 13.1. The zero-order chi connectivity index (χ0) is 31.9. The van der Waals surface area contributed by atoms with Crippen molar-refractivity contribution in [2.45, 2.75) is 80.7 Å². The van der Waals surface area contributed by atoms with Crippen LogP contribution in [-0.2, 0) is 44.8 Å². The summed E-state index contributed by atoms with van der Waals surface area (Å²) >= 11 is 4.07. The summed E-state index contributed by atoms with van der Waals surface area (Å²) in [6.45, 7) is -0.401. The first-order valence-corrected chi connectivity index (χ1v) is 15.1. The van der Waals surface area contributed by atoms with E-state index < -0.39 is 84.4 Å². The fourth-order valence-corrected chi connectivity index (χ4v) is 5.08. The van der Waals surface area contributed by atoms with Gasteiger partial charge in [0.15, 0.2) is 12.4 Å². The van der Waals surface area contributed by atoms with Gasteiger partial charge in [0.25, 0.3) is 0 Å². The molecule has 2 aliphatic rings. The van der Waals surface area contributed by atoms with Gasteiger partial charge in [-0.25, -0.2) is 8.98 Å². The Morgan fingerprint density at radius 2 is 1.60 bits per heavy atom. The zero-order valence-corrected chi connectivity index (χ0v) is 24.2. The molecule has 0 spiro atoms. The number of carboxylic acid groups (broad SMARTS) is 1. The Bertz CT molecular complexity index is 1170. The van der Waals surface area contributed by atoms with E-state index in [1.807, 2.05) is 0 Å². The fourth-order valence-electron chi connectivity index (χ4n) is 4.41. The van der Waals surface area contributed by atoms with Crippen LogP contribution in [0.3, 0.4) is 0 Å². The summed E-state index contributed by atoms with van der Waals surface area (Å²) in [6.07, 6.45) is -18.1. The highest BCUT2D eigenvalue weighted by Crippen LogP contribution is 2.31. The van der Waals surface area contributed by atoms with Crippen molar-refractivity contribution in [1.82, 2.24) is 5.32 Å². The Balaban J connectivity index is 1.70. The number of hydrogen-bond acceptors (Lipinski definition) is 15. The highest BCUT2D eigenvalue weighted by Gasteiger charge is 2.54. The number of carbonyl (C=O) groups is 2. The average Bonchev–Trinajstić information content (AvgIpc) is 2.94. The summed E-state index contributed by atoms with van der Waals surface area (Å²) in [7, 11) is -5.31. The maximum Gasteiger partial charge on any atom is 0.397 e. The van der Waals surface area contributed by atoms with Gasteiger partial charge in [0.1, 0.15) is 48.5 Å². The van der Waals surface area contributed by atoms with Gasteiger partial charge in [-0.1, -0.05) is 12.1 Å². The highest BCUT2D eigenvalue weighted by atomic mass is 32.3. The number of carbonyl (C=O) groups excluding carboxylic acids is 1. The van der Waals surface area contributed by atoms with Crippen molar-refractivity contribution in [2.24, 2.45) is 0 Å². The molecule has 2 fully saturated rings.